The van der Waals surface area contributed by atoms with Crippen molar-refractivity contribution >= 4 is 21.9 Å². The maximum Gasteiger partial charge on any atom is 0.465 e. The molecule has 0 heterocycles. The summed E-state index contributed by atoms with van der Waals surface area (Å²) in [6.45, 7) is 1.82. The molecule has 0 unspecified atom stereocenters. The van der Waals surface area contributed by atoms with Crippen LogP contribution in [0.15, 0.2) is 59.5 Å². The van der Waals surface area contributed by atoms with Gasteiger partial charge in [-0.25, -0.2) is 13.2 Å². The Balaban J connectivity index is 0.000000220. The summed E-state index contributed by atoms with van der Waals surface area (Å²) in [6, 6.07) is 14.8. The Morgan fingerprint density at radius 1 is 1.09 bits per heavy atom. The van der Waals surface area contributed by atoms with Gasteiger partial charge in [-0.1, -0.05) is 35.9 Å². The third kappa shape index (κ3) is 6.35. The fourth-order valence-electron chi connectivity index (χ4n) is 1.38. The molecule has 0 bridgehead atoms. The molecule has 118 valence electrons. The lowest BCUT2D eigenvalue weighted by Crippen LogP contribution is -2.52. The van der Waals surface area contributed by atoms with Gasteiger partial charge in [-0.3, -0.25) is 10.2 Å². The molecule has 0 aliphatic heterocycles. The van der Waals surface area contributed by atoms with Crippen molar-refractivity contribution in [2.75, 3.05) is 5.32 Å². The summed E-state index contributed by atoms with van der Waals surface area (Å²) in [6.07, 6.45) is -0.559. The summed E-state index contributed by atoms with van der Waals surface area (Å²) >= 11 is 0. The Hall–Kier alpha value is -2.42. The SMILES string of the molecule is Cc1ccc(S(=O)(=O)[O-])cc1.[NH3+]OC(=O)Nc1ccccc1. The first-order valence-corrected chi connectivity index (χ1v) is 7.54. The Morgan fingerprint density at radius 2 is 1.64 bits per heavy atom. The van der Waals surface area contributed by atoms with E-state index in [0.717, 1.165) is 5.56 Å². The number of rotatable bonds is 2. The number of amides is 1. The molecule has 1 amide bonds. The van der Waals surface area contributed by atoms with Gasteiger partial charge in [0.25, 0.3) is 0 Å². The van der Waals surface area contributed by atoms with Crippen molar-refractivity contribution in [3.8, 4) is 0 Å². The summed E-state index contributed by atoms with van der Waals surface area (Å²) in [7, 11) is -4.27. The minimum Gasteiger partial charge on any atom is -0.744 e. The average Bonchev–Trinajstić information content (AvgIpc) is 2.48. The maximum absolute atomic E-state index is 10.6. The monoisotopic (exact) mass is 324 g/mol. The molecule has 0 aliphatic carbocycles. The summed E-state index contributed by atoms with van der Waals surface area (Å²) < 4.78 is 31.2. The topological polar surface area (TPSA) is 123 Å². The van der Waals surface area contributed by atoms with E-state index in [1.807, 2.05) is 25.1 Å². The van der Waals surface area contributed by atoms with Crippen molar-refractivity contribution in [2.24, 2.45) is 0 Å². The molecule has 0 saturated heterocycles. The summed E-state index contributed by atoms with van der Waals surface area (Å²) in [5.74, 6) is 2.97. The number of benzene rings is 2. The van der Waals surface area contributed by atoms with Crippen molar-refractivity contribution in [1.82, 2.24) is 0 Å². The van der Waals surface area contributed by atoms with Gasteiger partial charge in [0.05, 0.1) is 4.90 Å². The number of quaternary nitrogens is 1. The first-order valence-electron chi connectivity index (χ1n) is 6.13. The number of hydrogen-bond donors (Lipinski definition) is 2. The van der Waals surface area contributed by atoms with Crippen molar-refractivity contribution in [3.05, 3.63) is 60.2 Å². The number of nitrogens with one attached hydrogen (secondary N) is 1. The van der Waals surface area contributed by atoms with Crippen molar-refractivity contribution in [3.63, 3.8) is 0 Å². The van der Waals surface area contributed by atoms with Gasteiger partial charge in [-0.15, -0.1) is 0 Å². The van der Waals surface area contributed by atoms with E-state index >= 15 is 0 Å². The van der Waals surface area contributed by atoms with Crippen LogP contribution in [0.4, 0.5) is 10.5 Å². The molecular formula is C14H16N2O5S. The number of hydrogen-bond acceptors (Lipinski definition) is 5. The lowest BCUT2D eigenvalue weighted by Gasteiger charge is -2.05. The van der Waals surface area contributed by atoms with Gasteiger partial charge in [0, 0.05) is 5.69 Å². The number of carbonyl (C=O) groups excluding carboxylic acids is 1. The van der Waals surface area contributed by atoms with Crippen LogP contribution in [0.1, 0.15) is 5.56 Å². The molecule has 0 spiro atoms. The highest BCUT2D eigenvalue weighted by molar-refractivity contribution is 7.85. The van der Waals surface area contributed by atoms with Gasteiger partial charge >= 0.3 is 6.09 Å². The predicted octanol–water partition coefficient (Wildman–Crippen LogP) is 1.29. The number of para-hydroxylation sites is 1. The van der Waals surface area contributed by atoms with Gasteiger partial charge in [0.1, 0.15) is 10.1 Å². The van der Waals surface area contributed by atoms with Gasteiger partial charge < -0.3 is 4.55 Å². The molecule has 7 nitrogen and oxygen atoms in total. The Labute approximate surface area is 128 Å². The van der Waals surface area contributed by atoms with E-state index in [1.54, 1.807) is 24.3 Å². The maximum atomic E-state index is 10.6. The molecule has 2 rings (SSSR count). The zero-order valence-electron chi connectivity index (χ0n) is 11.9. The molecule has 22 heavy (non-hydrogen) atoms. The molecule has 2 aromatic carbocycles. The number of aryl methyl sites for hydroxylation is 1. The van der Waals surface area contributed by atoms with E-state index < -0.39 is 16.2 Å². The van der Waals surface area contributed by atoms with Gasteiger partial charge in [0.15, 0.2) is 0 Å². The number of carbonyl (C=O) groups is 1. The van der Waals surface area contributed by atoms with E-state index in [4.69, 9.17) is 0 Å². The molecule has 0 radical (unpaired) electrons. The van der Waals surface area contributed by atoms with Crippen LogP contribution in [-0.4, -0.2) is 19.1 Å². The molecule has 2 aromatic rings. The van der Waals surface area contributed by atoms with E-state index in [1.165, 1.54) is 12.1 Å². The van der Waals surface area contributed by atoms with Crippen LogP contribution in [0.3, 0.4) is 0 Å². The molecule has 8 heteroatoms. The second-order valence-corrected chi connectivity index (χ2v) is 5.57. The number of anilines is 1. The fourth-order valence-corrected chi connectivity index (χ4v) is 1.85. The van der Waals surface area contributed by atoms with Crippen molar-refractivity contribution < 1.29 is 28.5 Å². The second-order valence-electron chi connectivity index (χ2n) is 4.19. The van der Waals surface area contributed by atoms with Crippen molar-refractivity contribution in [1.29, 1.82) is 0 Å². The van der Waals surface area contributed by atoms with Crippen LogP contribution >= 0.6 is 0 Å². The summed E-state index contributed by atoms with van der Waals surface area (Å²) in [5, 5.41) is 2.47. The third-order valence-electron chi connectivity index (χ3n) is 2.46. The lowest BCUT2D eigenvalue weighted by atomic mass is 10.2. The Morgan fingerprint density at radius 3 is 2.09 bits per heavy atom. The average molecular weight is 324 g/mol. The van der Waals surface area contributed by atoms with Gasteiger partial charge in [-0.2, -0.15) is 5.90 Å². The smallest absolute Gasteiger partial charge is 0.465 e. The highest BCUT2D eigenvalue weighted by atomic mass is 32.2. The molecule has 0 saturated carbocycles. The minimum absolute atomic E-state index is 0.178. The normalized spacial score (nSPS) is 10.1. The van der Waals surface area contributed by atoms with Crippen LogP contribution in [0.5, 0.6) is 0 Å². The first-order chi connectivity index (χ1) is 10.3. The van der Waals surface area contributed by atoms with Gasteiger partial charge in [0.2, 0.25) is 0 Å². The molecule has 0 atom stereocenters. The fraction of sp³-hybridized carbons (Fsp3) is 0.0714. The first kappa shape index (κ1) is 17.6. The molecule has 0 aliphatic rings. The van der Waals surface area contributed by atoms with Crippen LogP contribution in [0, 0.1) is 6.92 Å². The molecule has 0 aromatic heterocycles. The zero-order chi connectivity index (χ0) is 16.6. The Bertz CT molecular complexity index is 700. The van der Waals surface area contributed by atoms with Crippen LogP contribution in [0.25, 0.3) is 0 Å². The lowest BCUT2D eigenvalue weighted by molar-refractivity contribution is -0.652. The van der Waals surface area contributed by atoms with E-state index in [2.05, 4.69) is 16.1 Å². The summed E-state index contributed by atoms with van der Waals surface area (Å²) in [5.41, 5.74) is 1.62. The molecule has 4 N–H and O–H groups in total. The van der Waals surface area contributed by atoms with Crippen LogP contribution in [-0.2, 0) is 15.0 Å². The standard InChI is InChI=1S/C7H8N2O2.C7H8O3S/c8-11-7(10)9-6-4-2-1-3-5-6;1-6-2-4-7(5-3-6)11(8,9)10/h1-5H,8H3;2-5H,1H3,(H,8,9,10). The second kappa shape index (κ2) is 8.13. The minimum atomic E-state index is -4.27. The van der Waals surface area contributed by atoms with Crippen LogP contribution < -0.4 is 11.2 Å². The van der Waals surface area contributed by atoms with E-state index in [0.29, 0.717) is 5.69 Å². The van der Waals surface area contributed by atoms with Crippen LogP contribution in [0.2, 0.25) is 0 Å². The van der Waals surface area contributed by atoms with E-state index in [-0.39, 0.29) is 4.90 Å². The highest BCUT2D eigenvalue weighted by Crippen LogP contribution is 2.08. The quantitative estimate of drug-likeness (QED) is 0.636. The predicted molar refractivity (Wildman–Crippen MR) is 78.6 cm³/mol. The zero-order valence-corrected chi connectivity index (χ0v) is 12.7. The Kier molecular flexibility index (Phi) is 6.51. The highest BCUT2D eigenvalue weighted by Gasteiger charge is 2.00. The third-order valence-corrected chi connectivity index (χ3v) is 3.31. The van der Waals surface area contributed by atoms with E-state index in [9.17, 15) is 17.8 Å². The largest absolute Gasteiger partial charge is 0.744 e. The van der Waals surface area contributed by atoms with Gasteiger partial charge in [-0.05, 0) is 31.2 Å². The van der Waals surface area contributed by atoms with Crippen molar-refractivity contribution in [2.45, 2.75) is 11.8 Å². The molecular weight excluding hydrogens is 308 g/mol. The summed E-state index contributed by atoms with van der Waals surface area (Å²) in [4.78, 5) is 14.6. The molecule has 0 fully saturated rings.